The van der Waals surface area contributed by atoms with Gasteiger partial charge in [-0.15, -0.1) is 0 Å². The van der Waals surface area contributed by atoms with E-state index in [9.17, 15) is 9.59 Å². The van der Waals surface area contributed by atoms with Crippen LogP contribution >= 0.6 is 0 Å². The van der Waals surface area contributed by atoms with Crippen LogP contribution in [0.25, 0.3) is 0 Å². The van der Waals surface area contributed by atoms with Crippen molar-refractivity contribution in [2.75, 3.05) is 0 Å². The van der Waals surface area contributed by atoms with Gasteiger partial charge in [0, 0.05) is 18.4 Å². The maximum absolute atomic E-state index is 12.3. The molecule has 2 N–H and O–H groups in total. The number of ketones is 1. The first-order chi connectivity index (χ1) is 9.08. The van der Waals surface area contributed by atoms with Gasteiger partial charge in [0.2, 0.25) is 0 Å². The maximum atomic E-state index is 12.3. The number of carboxylic acids is 1. The van der Waals surface area contributed by atoms with E-state index in [4.69, 9.17) is 9.52 Å². The predicted octanol–water partition coefficient (Wildman–Crippen LogP) is 1.67. The Kier molecular flexibility index (Phi) is 2.69. The Morgan fingerprint density at radius 1 is 1.53 bits per heavy atom. The zero-order valence-electron chi connectivity index (χ0n) is 10.6. The number of carbonyl (C=O) groups is 2. The average molecular weight is 261 g/mol. The van der Waals surface area contributed by atoms with Crippen LogP contribution in [0.3, 0.4) is 0 Å². The van der Waals surface area contributed by atoms with E-state index in [2.05, 4.69) is 5.32 Å². The van der Waals surface area contributed by atoms with E-state index in [1.54, 1.807) is 19.3 Å². The first kappa shape index (κ1) is 12.0. The number of carbonyl (C=O) groups excluding carboxylic acids is 1. The highest BCUT2D eigenvalue weighted by molar-refractivity contribution is 5.93. The van der Waals surface area contributed by atoms with E-state index >= 15 is 0 Å². The van der Waals surface area contributed by atoms with Gasteiger partial charge in [0.05, 0.1) is 12.2 Å². The molecule has 19 heavy (non-hydrogen) atoms. The van der Waals surface area contributed by atoms with Crippen molar-refractivity contribution in [3.8, 4) is 0 Å². The number of rotatable bonds is 2. The number of nitrogens with one attached hydrogen (secondary N) is 1. The Morgan fingerprint density at radius 3 is 2.95 bits per heavy atom. The van der Waals surface area contributed by atoms with Gasteiger partial charge in [-0.1, -0.05) is 0 Å². The highest BCUT2D eigenvalue weighted by atomic mass is 16.4. The number of Topliss-reactive ketones (excluding diaryl/α,β-unsaturated/α-hetero) is 1. The van der Waals surface area contributed by atoms with Gasteiger partial charge >= 0.3 is 5.97 Å². The van der Waals surface area contributed by atoms with Crippen molar-refractivity contribution in [3.63, 3.8) is 0 Å². The fourth-order valence-corrected chi connectivity index (χ4v) is 3.23. The first-order valence-electron chi connectivity index (χ1n) is 6.34. The molecule has 0 amide bonds. The Hall–Kier alpha value is -2.04. The van der Waals surface area contributed by atoms with Crippen molar-refractivity contribution < 1.29 is 19.1 Å². The van der Waals surface area contributed by atoms with E-state index < -0.39 is 5.97 Å². The zero-order chi connectivity index (χ0) is 13.6. The van der Waals surface area contributed by atoms with Gasteiger partial charge < -0.3 is 14.8 Å². The lowest BCUT2D eigenvalue weighted by atomic mass is 9.75. The number of carboxylic acid groups (broad SMARTS) is 1. The molecule has 1 fully saturated rings. The molecule has 1 aliphatic heterocycles. The third kappa shape index (κ3) is 1.85. The second-order valence-corrected chi connectivity index (χ2v) is 5.21. The molecule has 1 aromatic rings. The molecule has 5 nitrogen and oxygen atoms in total. The van der Waals surface area contributed by atoms with E-state index in [0.717, 1.165) is 12.2 Å². The van der Waals surface area contributed by atoms with Gasteiger partial charge in [0.1, 0.15) is 17.2 Å². The Bertz CT molecular complexity index is 558. The number of hydrogen-bond donors (Lipinski definition) is 2. The molecule has 5 heteroatoms. The maximum Gasteiger partial charge on any atom is 0.351 e. The molecule has 2 aliphatic rings. The molecular weight excluding hydrogens is 246 g/mol. The fraction of sp³-hybridized carbons (Fsp3) is 0.429. The van der Waals surface area contributed by atoms with Gasteiger partial charge in [-0.2, -0.15) is 0 Å². The molecule has 1 aromatic heterocycles. The van der Waals surface area contributed by atoms with Crippen LogP contribution in [0, 0.1) is 5.92 Å². The second-order valence-electron chi connectivity index (χ2n) is 5.21. The van der Waals surface area contributed by atoms with E-state index in [-0.39, 0.29) is 29.4 Å². The lowest BCUT2D eigenvalue weighted by Crippen LogP contribution is -2.40. The van der Waals surface area contributed by atoms with Gasteiger partial charge in [0.25, 0.3) is 0 Å². The summed E-state index contributed by atoms with van der Waals surface area (Å²) in [5.41, 5.74) is 0.837. The topological polar surface area (TPSA) is 79.5 Å². The third-order valence-corrected chi connectivity index (χ3v) is 4.09. The molecule has 3 rings (SSSR count). The average Bonchev–Trinajstić information content (AvgIpc) is 2.96. The molecule has 0 spiro atoms. The molecule has 1 saturated carbocycles. The standard InChI is InChI=1S/C14H15NO4/c1-7-12-9(15-13(7)14(17)18)5-8(6-10(12)16)11-3-2-4-19-11/h2-4,8-9,12,15H,5-6H2,1H3,(H,17,18). The van der Waals surface area contributed by atoms with Crippen molar-refractivity contribution >= 4 is 11.8 Å². The largest absolute Gasteiger partial charge is 0.477 e. The second kappa shape index (κ2) is 4.26. The highest BCUT2D eigenvalue weighted by Crippen LogP contribution is 2.40. The minimum absolute atomic E-state index is 0.0391. The number of furan rings is 1. The number of hydrogen-bond acceptors (Lipinski definition) is 4. The van der Waals surface area contributed by atoms with Crippen LogP contribution in [0.4, 0.5) is 0 Å². The molecule has 3 atom stereocenters. The molecule has 0 bridgehead atoms. The van der Waals surface area contributed by atoms with Crippen molar-refractivity contribution in [3.05, 3.63) is 35.4 Å². The lowest BCUT2D eigenvalue weighted by Gasteiger charge is -2.30. The summed E-state index contributed by atoms with van der Waals surface area (Å²) in [6.45, 7) is 1.73. The van der Waals surface area contributed by atoms with Crippen LogP contribution in [0.5, 0.6) is 0 Å². The molecule has 0 radical (unpaired) electrons. The third-order valence-electron chi connectivity index (χ3n) is 4.09. The van der Waals surface area contributed by atoms with Crippen LogP contribution < -0.4 is 5.32 Å². The first-order valence-corrected chi connectivity index (χ1v) is 6.34. The van der Waals surface area contributed by atoms with E-state index in [0.29, 0.717) is 12.0 Å². The lowest BCUT2D eigenvalue weighted by molar-refractivity contribution is -0.133. The predicted molar refractivity (Wildman–Crippen MR) is 66.4 cm³/mol. The van der Waals surface area contributed by atoms with Crippen LogP contribution in [-0.2, 0) is 9.59 Å². The Balaban J connectivity index is 1.86. The van der Waals surface area contributed by atoms with Crippen LogP contribution in [0.2, 0.25) is 0 Å². The van der Waals surface area contributed by atoms with Gasteiger partial charge in [-0.25, -0.2) is 4.79 Å². The summed E-state index contributed by atoms with van der Waals surface area (Å²) in [6, 6.07) is 3.55. The van der Waals surface area contributed by atoms with Crippen molar-refractivity contribution in [1.29, 1.82) is 0 Å². The normalized spacial score (nSPS) is 30.2. The zero-order valence-corrected chi connectivity index (χ0v) is 10.6. The van der Waals surface area contributed by atoms with Crippen molar-refractivity contribution in [2.24, 2.45) is 5.92 Å². The van der Waals surface area contributed by atoms with Gasteiger partial charge in [0.15, 0.2) is 0 Å². The highest BCUT2D eigenvalue weighted by Gasteiger charge is 2.44. The van der Waals surface area contributed by atoms with Crippen LogP contribution in [0.15, 0.2) is 34.1 Å². The molecule has 0 saturated heterocycles. The van der Waals surface area contributed by atoms with Gasteiger partial charge in [-0.05, 0) is 31.1 Å². The molecule has 1 aliphatic carbocycles. The summed E-state index contributed by atoms with van der Waals surface area (Å²) >= 11 is 0. The quantitative estimate of drug-likeness (QED) is 0.846. The summed E-state index contributed by atoms with van der Waals surface area (Å²) < 4.78 is 5.36. The summed E-state index contributed by atoms with van der Waals surface area (Å²) in [5, 5.41) is 12.1. The minimum atomic E-state index is -0.991. The molecule has 0 aromatic carbocycles. The van der Waals surface area contributed by atoms with Crippen LogP contribution in [-0.4, -0.2) is 22.9 Å². The summed E-state index contributed by atoms with van der Waals surface area (Å²) in [7, 11) is 0. The Labute approximate surface area is 110 Å². The number of aliphatic carboxylic acids is 1. The molecular formula is C14H15NO4. The van der Waals surface area contributed by atoms with Crippen LogP contribution in [0.1, 0.15) is 31.4 Å². The molecule has 100 valence electrons. The van der Waals surface area contributed by atoms with Crippen molar-refractivity contribution in [2.45, 2.75) is 31.7 Å². The van der Waals surface area contributed by atoms with E-state index in [1.165, 1.54) is 0 Å². The summed E-state index contributed by atoms with van der Waals surface area (Å²) in [6.07, 6.45) is 2.73. The monoisotopic (exact) mass is 261 g/mol. The summed E-state index contributed by atoms with van der Waals surface area (Å²) in [4.78, 5) is 23.4. The molecule has 3 unspecified atom stereocenters. The number of fused-ring (bicyclic) bond motifs is 1. The van der Waals surface area contributed by atoms with Gasteiger partial charge in [-0.3, -0.25) is 4.79 Å². The minimum Gasteiger partial charge on any atom is -0.477 e. The fourth-order valence-electron chi connectivity index (χ4n) is 3.23. The van der Waals surface area contributed by atoms with Crippen molar-refractivity contribution in [1.82, 2.24) is 5.32 Å². The SMILES string of the molecule is CC1=C(C(=O)O)NC2CC(c3ccco3)CC(=O)C12. The smallest absolute Gasteiger partial charge is 0.351 e. The Morgan fingerprint density at radius 2 is 2.32 bits per heavy atom. The van der Waals surface area contributed by atoms with E-state index in [1.807, 2.05) is 6.07 Å². The summed E-state index contributed by atoms with van der Waals surface area (Å²) in [5.74, 6) is -0.349. The molecule has 2 heterocycles.